The molecule has 0 spiro atoms. The zero-order valence-electron chi connectivity index (χ0n) is 14.2. The van der Waals surface area contributed by atoms with Gasteiger partial charge >= 0.3 is 0 Å². The maximum absolute atomic E-state index is 13.0. The van der Waals surface area contributed by atoms with Crippen LogP contribution in [0.4, 0.5) is 0 Å². The molecule has 0 aromatic carbocycles. The monoisotopic (exact) mass is 319 g/mol. The summed E-state index contributed by atoms with van der Waals surface area (Å²) in [5.41, 5.74) is 0. The molecule has 128 valence electrons. The van der Waals surface area contributed by atoms with Crippen LogP contribution in [0.1, 0.15) is 51.9 Å². The Hall–Kier alpha value is -0.900. The molecule has 2 saturated carbocycles. The van der Waals surface area contributed by atoms with Crippen LogP contribution in [0.15, 0.2) is 0 Å². The SMILES string of the molecule is CC[C@@H]1C(=O)C[C@H]2CCN(C(=O)C3CCOC3)[C@H]3CCC[C@@H]1[C@H]23. The number of hydrogen-bond donors (Lipinski definition) is 0. The third-order valence-corrected chi connectivity index (χ3v) is 7.06. The predicted molar refractivity (Wildman–Crippen MR) is 86.8 cm³/mol. The van der Waals surface area contributed by atoms with Gasteiger partial charge in [-0.3, -0.25) is 9.59 Å². The molecule has 2 heterocycles. The Morgan fingerprint density at radius 2 is 2.13 bits per heavy atom. The minimum atomic E-state index is 0.0825. The first-order chi connectivity index (χ1) is 11.2. The minimum Gasteiger partial charge on any atom is -0.381 e. The Kier molecular flexibility index (Phi) is 4.21. The number of carbonyl (C=O) groups excluding carboxylic acids is 2. The van der Waals surface area contributed by atoms with Gasteiger partial charge in [0.2, 0.25) is 5.91 Å². The van der Waals surface area contributed by atoms with E-state index >= 15 is 0 Å². The molecule has 0 radical (unpaired) electrons. The Balaban J connectivity index is 1.58. The first-order valence-corrected chi connectivity index (χ1v) is 9.61. The van der Waals surface area contributed by atoms with Crippen molar-refractivity contribution in [2.45, 2.75) is 57.9 Å². The fourth-order valence-electron chi connectivity index (χ4n) is 6.05. The van der Waals surface area contributed by atoms with Gasteiger partial charge in [-0.2, -0.15) is 0 Å². The molecular formula is C19H29NO3. The van der Waals surface area contributed by atoms with Gasteiger partial charge in [-0.05, 0) is 49.9 Å². The van der Waals surface area contributed by atoms with Crippen LogP contribution < -0.4 is 0 Å². The maximum atomic E-state index is 13.0. The predicted octanol–water partition coefficient (Wildman–Crippen LogP) is 2.66. The van der Waals surface area contributed by atoms with E-state index in [2.05, 4.69) is 11.8 Å². The first-order valence-electron chi connectivity index (χ1n) is 9.61. The van der Waals surface area contributed by atoms with Crippen molar-refractivity contribution >= 4 is 11.7 Å². The molecule has 23 heavy (non-hydrogen) atoms. The molecule has 0 aromatic rings. The van der Waals surface area contributed by atoms with Crippen molar-refractivity contribution in [2.75, 3.05) is 19.8 Å². The lowest BCUT2D eigenvalue weighted by Crippen LogP contribution is -2.60. The average Bonchev–Trinajstić information content (AvgIpc) is 3.09. The summed E-state index contributed by atoms with van der Waals surface area (Å²) >= 11 is 0. The molecule has 0 N–H and O–H groups in total. The van der Waals surface area contributed by atoms with Gasteiger partial charge in [0.15, 0.2) is 0 Å². The molecule has 1 amide bonds. The number of nitrogens with zero attached hydrogens (tertiary/aromatic N) is 1. The highest BCUT2D eigenvalue weighted by atomic mass is 16.5. The molecule has 4 fully saturated rings. The summed E-state index contributed by atoms with van der Waals surface area (Å²) in [6.07, 6.45) is 7.16. The fraction of sp³-hybridized carbons (Fsp3) is 0.895. The molecule has 4 aliphatic rings. The summed E-state index contributed by atoms with van der Waals surface area (Å²) in [7, 11) is 0. The summed E-state index contributed by atoms with van der Waals surface area (Å²) < 4.78 is 5.44. The molecule has 0 bridgehead atoms. The van der Waals surface area contributed by atoms with Crippen molar-refractivity contribution in [3.05, 3.63) is 0 Å². The first kappa shape index (κ1) is 15.6. The molecule has 2 saturated heterocycles. The third-order valence-electron chi connectivity index (χ3n) is 7.06. The summed E-state index contributed by atoms with van der Waals surface area (Å²) in [4.78, 5) is 27.7. The molecule has 4 nitrogen and oxygen atoms in total. The molecule has 2 aliphatic carbocycles. The molecular weight excluding hydrogens is 290 g/mol. The van der Waals surface area contributed by atoms with Gasteiger partial charge in [0, 0.05) is 31.5 Å². The van der Waals surface area contributed by atoms with E-state index in [1.54, 1.807) is 0 Å². The lowest BCUT2D eigenvalue weighted by molar-refractivity contribution is -0.152. The van der Waals surface area contributed by atoms with Crippen LogP contribution in [-0.4, -0.2) is 42.4 Å². The van der Waals surface area contributed by atoms with Crippen LogP contribution in [0.3, 0.4) is 0 Å². The Bertz CT molecular complexity index is 485. The lowest BCUT2D eigenvalue weighted by atomic mass is 9.56. The lowest BCUT2D eigenvalue weighted by Gasteiger charge is -2.55. The van der Waals surface area contributed by atoms with E-state index in [-0.39, 0.29) is 11.8 Å². The molecule has 4 heteroatoms. The van der Waals surface area contributed by atoms with E-state index < -0.39 is 0 Å². The van der Waals surface area contributed by atoms with E-state index in [9.17, 15) is 9.59 Å². The minimum absolute atomic E-state index is 0.0825. The number of ketones is 1. The van der Waals surface area contributed by atoms with E-state index in [4.69, 9.17) is 4.74 Å². The quantitative estimate of drug-likeness (QED) is 0.786. The zero-order valence-corrected chi connectivity index (χ0v) is 14.2. The van der Waals surface area contributed by atoms with Crippen LogP contribution in [0, 0.1) is 29.6 Å². The van der Waals surface area contributed by atoms with Gasteiger partial charge in [0.25, 0.3) is 0 Å². The number of Topliss-reactive ketones (excluding diaryl/α,β-unsaturated/α-hetero) is 1. The number of rotatable bonds is 2. The van der Waals surface area contributed by atoms with E-state index in [1.807, 2.05) is 0 Å². The fourth-order valence-corrected chi connectivity index (χ4v) is 6.05. The maximum Gasteiger partial charge on any atom is 0.228 e. The summed E-state index contributed by atoms with van der Waals surface area (Å²) in [6, 6.07) is 0.391. The summed E-state index contributed by atoms with van der Waals surface area (Å²) in [5.74, 6) is 2.80. The number of carbonyl (C=O) groups is 2. The van der Waals surface area contributed by atoms with Crippen LogP contribution in [-0.2, 0) is 14.3 Å². The van der Waals surface area contributed by atoms with Crippen LogP contribution >= 0.6 is 0 Å². The Labute approximate surface area is 138 Å². The smallest absolute Gasteiger partial charge is 0.228 e. The summed E-state index contributed by atoms with van der Waals surface area (Å²) in [5, 5.41) is 0. The zero-order chi connectivity index (χ0) is 16.0. The van der Waals surface area contributed by atoms with Crippen LogP contribution in [0.5, 0.6) is 0 Å². The van der Waals surface area contributed by atoms with E-state index in [1.165, 1.54) is 12.8 Å². The largest absolute Gasteiger partial charge is 0.381 e. The van der Waals surface area contributed by atoms with E-state index in [0.717, 1.165) is 45.3 Å². The highest BCUT2D eigenvalue weighted by Crippen LogP contribution is 2.51. The van der Waals surface area contributed by atoms with E-state index in [0.29, 0.717) is 42.1 Å². The van der Waals surface area contributed by atoms with Gasteiger partial charge in [0.1, 0.15) is 5.78 Å². The second-order valence-electron chi connectivity index (χ2n) is 8.07. The van der Waals surface area contributed by atoms with Crippen molar-refractivity contribution in [3.63, 3.8) is 0 Å². The molecule has 6 atom stereocenters. The standard InChI is InChI=1S/C19H29NO3/c1-2-14-15-4-3-5-16-18(15)12(10-17(14)21)6-8-20(16)19(22)13-7-9-23-11-13/h12-16,18H,2-11H2,1H3/t12-,13?,14+,15+,16+,18+/m1/s1. The highest BCUT2D eigenvalue weighted by Gasteiger charge is 2.52. The number of likely N-dealkylation sites (tertiary alicyclic amines) is 1. The normalized spacial score (nSPS) is 43.3. The van der Waals surface area contributed by atoms with Crippen molar-refractivity contribution in [3.8, 4) is 0 Å². The summed E-state index contributed by atoms with van der Waals surface area (Å²) in [6.45, 7) is 4.36. The van der Waals surface area contributed by atoms with Crippen molar-refractivity contribution in [2.24, 2.45) is 29.6 Å². The highest BCUT2D eigenvalue weighted by molar-refractivity contribution is 5.83. The molecule has 2 aliphatic heterocycles. The Morgan fingerprint density at radius 1 is 1.26 bits per heavy atom. The van der Waals surface area contributed by atoms with Gasteiger partial charge in [0.05, 0.1) is 12.5 Å². The van der Waals surface area contributed by atoms with Crippen molar-refractivity contribution in [1.29, 1.82) is 0 Å². The number of amides is 1. The van der Waals surface area contributed by atoms with Crippen LogP contribution in [0.25, 0.3) is 0 Å². The molecule has 0 aromatic heterocycles. The molecule has 4 rings (SSSR count). The van der Waals surface area contributed by atoms with Crippen molar-refractivity contribution in [1.82, 2.24) is 4.90 Å². The number of ether oxygens (including phenoxy) is 1. The Morgan fingerprint density at radius 3 is 2.87 bits per heavy atom. The molecule has 1 unspecified atom stereocenters. The van der Waals surface area contributed by atoms with Gasteiger partial charge < -0.3 is 9.64 Å². The number of piperidine rings is 1. The van der Waals surface area contributed by atoms with Crippen molar-refractivity contribution < 1.29 is 14.3 Å². The van der Waals surface area contributed by atoms with Gasteiger partial charge in [-0.1, -0.05) is 13.3 Å². The number of hydrogen-bond acceptors (Lipinski definition) is 3. The van der Waals surface area contributed by atoms with Crippen LogP contribution in [0.2, 0.25) is 0 Å². The second kappa shape index (κ2) is 6.19. The van der Waals surface area contributed by atoms with Gasteiger partial charge in [-0.25, -0.2) is 0 Å². The second-order valence-corrected chi connectivity index (χ2v) is 8.07. The third kappa shape index (κ3) is 2.54. The topological polar surface area (TPSA) is 46.6 Å². The average molecular weight is 319 g/mol. The van der Waals surface area contributed by atoms with Gasteiger partial charge in [-0.15, -0.1) is 0 Å².